The van der Waals surface area contributed by atoms with E-state index in [1.54, 1.807) is 37.4 Å². The van der Waals surface area contributed by atoms with Crippen molar-refractivity contribution in [1.82, 2.24) is 4.57 Å². The van der Waals surface area contributed by atoms with Crippen LogP contribution in [0.5, 0.6) is 11.5 Å². The first-order valence-electron chi connectivity index (χ1n) is 14.9. The van der Waals surface area contributed by atoms with E-state index < -0.39 is 30.4 Å². The number of nitrogens with zero attached hydrogens (tertiary/aromatic N) is 1. The first kappa shape index (κ1) is 35.4. The zero-order valence-corrected chi connectivity index (χ0v) is 28.1. The molecule has 1 aliphatic carbocycles. The van der Waals surface area contributed by atoms with E-state index in [9.17, 15) is 24.2 Å². The van der Waals surface area contributed by atoms with Crippen LogP contribution in [0.2, 0.25) is 0 Å². The Bertz CT molecular complexity index is 1670. The number of aromatic nitrogens is 1. The second-order valence-electron chi connectivity index (χ2n) is 11.2. The van der Waals surface area contributed by atoms with Crippen molar-refractivity contribution in [2.45, 2.75) is 56.8 Å². The van der Waals surface area contributed by atoms with Crippen molar-refractivity contribution in [3.8, 4) is 33.9 Å². The van der Waals surface area contributed by atoms with Crippen LogP contribution in [0.3, 0.4) is 0 Å². The molecular formula is C35H39CaFN2O7. The van der Waals surface area contributed by atoms with E-state index in [0.29, 0.717) is 39.6 Å². The molecule has 5 rings (SSSR count). The normalized spacial score (nSPS) is 13.8. The number of amides is 1. The van der Waals surface area contributed by atoms with E-state index in [1.165, 1.54) is 19.2 Å². The van der Waals surface area contributed by atoms with E-state index in [1.807, 2.05) is 34.9 Å². The van der Waals surface area contributed by atoms with E-state index in [-0.39, 0.29) is 71.8 Å². The predicted molar refractivity (Wildman–Crippen MR) is 176 cm³/mol. The van der Waals surface area contributed by atoms with Crippen LogP contribution in [-0.2, 0) is 11.3 Å². The van der Waals surface area contributed by atoms with Crippen molar-refractivity contribution < 1.29 is 41.6 Å². The molecule has 0 saturated heterocycles. The van der Waals surface area contributed by atoms with Crippen LogP contribution in [-0.4, -0.2) is 95.9 Å². The molecular weight excluding hydrogens is 619 g/mol. The number of nitrogens with one attached hydrogen (secondary N) is 1. The predicted octanol–water partition coefficient (Wildman–Crippen LogP) is 5.93. The largest absolute Gasteiger partial charge is 2.00 e. The minimum Gasteiger partial charge on any atom is -1.00 e. The molecule has 1 fully saturated rings. The number of methoxy groups -OCH3 is 2. The van der Waals surface area contributed by atoms with Crippen LogP contribution in [0.4, 0.5) is 10.1 Å². The Morgan fingerprint density at radius 2 is 1.67 bits per heavy atom. The molecule has 240 valence electrons. The molecule has 9 nitrogen and oxygen atoms in total. The van der Waals surface area contributed by atoms with Gasteiger partial charge in [-0.3, -0.25) is 9.59 Å². The van der Waals surface area contributed by atoms with Crippen molar-refractivity contribution >= 4 is 55.3 Å². The number of carboxylic acid groups (broad SMARTS) is 1. The summed E-state index contributed by atoms with van der Waals surface area (Å²) in [5.74, 6) is -0.809. The van der Waals surface area contributed by atoms with Crippen LogP contribution in [0.25, 0.3) is 22.4 Å². The van der Waals surface area contributed by atoms with Gasteiger partial charge in [0.25, 0.3) is 5.91 Å². The molecule has 2 atom stereocenters. The Labute approximate surface area is 299 Å². The smallest absolute Gasteiger partial charge is 1.00 e. The summed E-state index contributed by atoms with van der Waals surface area (Å²) in [6, 6.07) is 20.7. The van der Waals surface area contributed by atoms with Crippen LogP contribution in [0, 0.1) is 5.82 Å². The number of hydrogen-bond donors (Lipinski definition) is 4. The second kappa shape index (κ2) is 15.9. The molecule has 1 amide bonds. The maximum Gasteiger partial charge on any atom is 2.00 e. The molecule has 11 heteroatoms. The van der Waals surface area contributed by atoms with Crippen LogP contribution in [0.1, 0.15) is 56.9 Å². The van der Waals surface area contributed by atoms with Crippen molar-refractivity contribution in [1.29, 1.82) is 0 Å². The molecule has 1 aromatic heterocycles. The Morgan fingerprint density at radius 1 is 0.978 bits per heavy atom. The molecule has 3 aromatic carbocycles. The number of halogens is 1. The van der Waals surface area contributed by atoms with Crippen LogP contribution >= 0.6 is 0 Å². The van der Waals surface area contributed by atoms with Gasteiger partial charge in [-0.05, 0) is 73.2 Å². The number of aliphatic hydroxyl groups is 2. The van der Waals surface area contributed by atoms with Crippen molar-refractivity contribution in [2.24, 2.45) is 0 Å². The summed E-state index contributed by atoms with van der Waals surface area (Å²) in [6.07, 6.45) is -0.820. The molecule has 1 aliphatic rings. The molecule has 0 aliphatic heterocycles. The summed E-state index contributed by atoms with van der Waals surface area (Å²) in [7, 11) is 3.06. The van der Waals surface area contributed by atoms with Crippen molar-refractivity contribution in [2.75, 3.05) is 19.5 Å². The summed E-state index contributed by atoms with van der Waals surface area (Å²) in [6.45, 7) is 0.276. The zero-order chi connectivity index (χ0) is 32.1. The molecule has 1 saturated carbocycles. The third-order valence-corrected chi connectivity index (χ3v) is 7.97. The molecule has 1 heterocycles. The molecule has 2 unspecified atom stereocenters. The topological polar surface area (TPSA) is 130 Å². The summed E-state index contributed by atoms with van der Waals surface area (Å²) < 4.78 is 27.0. The Morgan fingerprint density at radius 3 is 2.28 bits per heavy atom. The number of anilines is 1. The molecule has 0 radical (unpaired) electrons. The van der Waals surface area contributed by atoms with Gasteiger partial charge in [0.05, 0.1) is 49.8 Å². The van der Waals surface area contributed by atoms with E-state index in [2.05, 4.69) is 5.32 Å². The van der Waals surface area contributed by atoms with Gasteiger partial charge in [-0.1, -0.05) is 30.3 Å². The maximum atomic E-state index is 14.4. The van der Waals surface area contributed by atoms with Gasteiger partial charge < -0.3 is 37.5 Å². The molecule has 46 heavy (non-hydrogen) atoms. The molecule has 4 N–H and O–H groups in total. The fraction of sp³-hybridized carbons (Fsp3) is 0.314. The van der Waals surface area contributed by atoms with Gasteiger partial charge in [-0.2, -0.15) is 0 Å². The summed E-state index contributed by atoms with van der Waals surface area (Å²) in [5, 5.41) is 33.0. The van der Waals surface area contributed by atoms with Gasteiger partial charge in [-0.25, -0.2) is 4.39 Å². The van der Waals surface area contributed by atoms with Gasteiger partial charge in [0.1, 0.15) is 17.3 Å². The number of hydrogen-bond acceptors (Lipinski definition) is 6. The van der Waals surface area contributed by atoms with Crippen molar-refractivity contribution in [3.05, 3.63) is 89.9 Å². The minimum atomic E-state index is -1.19. The number of carbonyl (C=O) groups excluding carboxylic acids is 1. The quantitative estimate of drug-likeness (QED) is 0.124. The summed E-state index contributed by atoms with van der Waals surface area (Å²) >= 11 is 0. The van der Waals surface area contributed by atoms with E-state index in [0.717, 1.165) is 24.1 Å². The fourth-order valence-electron chi connectivity index (χ4n) is 5.76. The average Bonchev–Trinajstić information content (AvgIpc) is 3.81. The van der Waals surface area contributed by atoms with Crippen molar-refractivity contribution in [3.63, 3.8) is 0 Å². The number of carbonyl (C=O) groups is 2. The molecule has 0 spiro atoms. The molecule has 0 bridgehead atoms. The zero-order valence-electron chi connectivity index (χ0n) is 27.9. The van der Waals surface area contributed by atoms with E-state index >= 15 is 0 Å². The number of benzene rings is 3. The maximum absolute atomic E-state index is 14.4. The summed E-state index contributed by atoms with van der Waals surface area (Å²) in [4.78, 5) is 25.5. The SMILES string of the molecule is COc1ccc(NC(=O)c2c(-c3ccccc3)c(-c3ccc(F)cc3)n(CCC(O)CC(O)CC(=O)O)c2C2CC2)c(OC)c1.[Ca+2].[H-].[H-]. The van der Waals surface area contributed by atoms with Gasteiger partial charge in [0.15, 0.2) is 0 Å². The van der Waals surface area contributed by atoms with E-state index in [4.69, 9.17) is 14.6 Å². The third-order valence-electron chi connectivity index (χ3n) is 7.97. The number of aliphatic hydroxyl groups excluding tert-OH is 2. The van der Waals surface area contributed by atoms with Gasteiger partial charge >= 0.3 is 43.7 Å². The average molecular weight is 659 g/mol. The first-order valence-corrected chi connectivity index (χ1v) is 14.9. The fourth-order valence-corrected chi connectivity index (χ4v) is 5.76. The Kier molecular flexibility index (Phi) is 12.3. The second-order valence-corrected chi connectivity index (χ2v) is 11.2. The first-order chi connectivity index (χ1) is 21.7. The Balaban J connectivity index is 0.00000267. The number of ether oxygens (including phenoxy) is 2. The van der Waals surface area contributed by atoms with Crippen LogP contribution in [0.15, 0.2) is 72.8 Å². The van der Waals surface area contributed by atoms with Gasteiger partial charge in [-0.15, -0.1) is 0 Å². The third kappa shape index (κ3) is 8.29. The Hall–Kier alpha value is -3.41. The van der Waals surface area contributed by atoms with Gasteiger partial charge in [0.2, 0.25) is 0 Å². The minimum absolute atomic E-state index is 0. The standard InChI is InChI=1S/C35H37FN2O7.Ca.2H/c1-44-27-14-15-28(29(20-27)45-2)37-35(43)32-31(21-6-4-3-5-7-21)33(23-10-12-24(36)13-11-23)38(34(32)22-8-9-22)17-16-25(39)18-26(40)19-30(41)42;;;/h3-7,10-15,20,22,25-26,39-40H,8-9,16-19H2,1-2H3,(H,37,43)(H,41,42);;;/q;+2;2*-1. The number of carboxylic acids is 1. The monoisotopic (exact) mass is 658 g/mol. The van der Waals surface area contributed by atoms with Crippen LogP contribution < -0.4 is 14.8 Å². The number of aliphatic carboxylic acids is 1. The molecule has 4 aromatic rings. The van der Waals surface area contributed by atoms with Gasteiger partial charge in [0, 0.05) is 29.8 Å². The number of rotatable bonds is 14. The summed E-state index contributed by atoms with van der Waals surface area (Å²) in [5.41, 5.74) is 4.60.